The minimum atomic E-state index is -1.37. The third kappa shape index (κ3) is 1.97. The molecule has 1 heterocycles. The monoisotopic (exact) mass is 314 g/mol. The average molecular weight is 314 g/mol. The van der Waals surface area contributed by atoms with Crippen LogP contribution in [-0.2, 0) is 14.3 Å². The third-order valence-corrected chi connectivity index (χ3v) is 6.50. The lowest BCUT2D eigenvalue weighted by Gasteiger charge is -2.39. The summed E-state index contributed by atoms with van der Waals surface area (Å²) in [5.74, 6) is -1.79. The molecule has 0 amide bonds. The lowest BCUT2D eigenvalue weighted by atomic mass is 9.74. The molecule has 9 atom stereocenters. The van der Waals surface area contributed by atoms with Crippen LogP contribution < -0.4 is 0 Å². The number of ether oxygens (including phenoxy) is 2. The van der Waals surface area contributed by atoms with Gasteiger partial charge < -0.3 is 24.8 Å². The number of hydrogen-bond donors (Lipinski definition) is 3. The number of aliphatic hydroxyl groups is 3. The van der Waals surface area contributed by atoms with Gasteiger partial charge in [-0.1, -0.05) is 6.92 Å². The summed E-state index contributed by atoms with van der Waals surface area (Å²) in [7, 11) is 1.58. The summed E-state index contributed by atoms with van der Waals surface area (Å²) in [5.41, 5.74) is -2.05. The van der Waals surface area contributed by atoms with Gasteiger partial charge in [-0.25, -0.2) is 0 Å². The first kappa shape index (κ1) is 16.2. The van der Waals surface area contributed by atoms with Gasteiger partial charge in [-0.3, -0.25) is 4.79 Å². The molecule has 1 aliphatic heterocycles. The number of esters is 1. The SMILES string of the molecule is CO[C@]1(C)C[C@H](O)[C@@H]2[C@H](OC(=O)[C@H]2C)[C@@H]2[C@H]1C[C@@H](O)[C@@]2(C)O. The van der Waals surface area contributed by atoms with Crippen molar-refractivity contribution < 1.29 is 29.6 Å². The summed E-state index contributed by atoms with van der Waals surface area (Å²) in [6, 6.07) is 0. The van der Waals surface area contributed by atoms with E-state index in [-0.39, 0.29) is 17.8 Å². The topological polar surface area (TPSA) is 96.2 Å². The fraction of sp³-hybridized carbons (Fsp3) is 0.938. The molecule has 3 aliphatic rings. The first-order valence-corrected chi connectivity index (χ1v) is 7.97. The maximum atomic E-state index is 12.0. The number of methoxy groups -OCH3 is 1. The van der Waals surface area contributed by atoms with E-state index < -0.39 is 41.3 Å². The molecule has 0 unspecified atom stereocenters. The Morgan fingerprint density at radius 1 is 1.32 bits per heavy atom. The fourth-order valence-corrected chi connectivity index (χ4v) is 5.01. The highest BCUT2D eigenvalue weighted by molar-refractivity contribution is 5.75. The molecule has 2 saturated carbocycles. The summed E-state index contributed by atoms with van der Waals surface area (Å²) in [5, 5.41) is 31.8. The Kier molecular flexibility index (Phi) is 3.60. The van der Waals surface area contributed by atoms with Gasteiger partial charge in [0, 0.05) is 25.4 Å². The number of aliphatic hydroxyl groups excluding tert-OH is 2. The van der Waals surface area contributed by atoms with E-state index >= 15 is 0 Å². The van der Waals surface area contributed by atoms with Crippen LogP contribution in [-0.4, -0.2) is 57.9 Å². The van der Waals surface area contributed by atoms with Crippen molar-refractivity contribution in [2.75, 3.05) is 7.11 Å². The Balaban J connectivity index is 2.10. The summed E-state index contributed by atoms with van der Waals surface area (Å²) >= 11 is 0. The summed E-state index contributed by atoms with van der Waals surface area (Å²) in [6.45, 7) is 5.24. The molecule has 0 aromatic carbocycles. The highest BCUT2D eigenvalue weighted by Crippen LogP contribution is 2.56. The predicted molar refractivity (Wildman–Crippen MR) is 76.8 cm³/mol. The summed E-state index contributed by atoms with van der Waals surface area (Å²) < 4.78 is 11.2. The number of carbonyl (C=O) groups excluding carboxylic acids is 1. The van der Waals surface area contributed by atoms with E-state index in [0.717, 1.165) is 0 Å². The molecule has 3 rings (SSSR count). The van der Waals surface area contributed by atoms with Crippen molar-refractivity contribution in [3.05, 3.63) is 0 Å². The van der Waals surface area contributed by atoms with Crippen molar-refractivity contribution in [1.29, 1.82) is 0 Å². The van der Waals surface area contributed by atoms with Crippen molar-refractivity contribution in [2.45, 2.75) is 63.1 Å². The molecule has 0 radical (unpaired) electrons. The van der Waals surface area contributed by atoms with Crippen LogP contribution in [0.3, 0.4) is 0 Å². The molecule has 0 aromatic rings. The van der Waals surface area contributed by atoms with Crippen molar-refractivity contribution in [2.24, 2.45) is 23.7 Å². The van der Waals surface area contributed by atoms with Gasteiger partial charge in [0.05, 0.1) is 29.3 Å². The second-order valence-electron chi connectivity index (χ2n) is 7.67. The van der Waals surface area contributed by atoms with E-state index in [1.807, 2.05) is 6.92 Å². The Morgan fingerprint density at radius 3 is 2.55 bits per heavy atom. The molecule has 22 heavy (non-hydrogen) atoms. The first-order chi connectivity index (χ1) is 10.1. The van der Waals surface area contributed by atoms with Crippen LogP contribution in [0.2, 0.25) is 0 Å². The smallest absolute Gasteiger partial charge is 0.309 e. The van der Waals surface area contributed by atoms with E-state index in [2.05, 4.69) is 0 Å². The Bertz CT molecular complexity index is 477. The van der Waals surface area contributed by atoms with E-state index in [4.69, 9.17) is 9.47 Å². The molecule has 6 nitrogen and oxygen atoms in total. The second kappa shape index (κ2) is 4.90. The normalized spacial score (nSPS) is 58.0. The molecule has 2 aliphatic carbocycles. The van der Waals surface area contributed by atoms with Crippen molar-refractivity contribution in [3.8, 4) is 0 Å². The predicted octanol–water partition coefficient (Wildman–Crippen LogP) is 0.0818. The minimum absolute atomic E-state index is 0.190. The van der Waals surface area contributed by atoms with Gasteiger partial charge in [0.25, 0.3) is 0 Å². The molecule has 6 heteroatoms. The molecule has 3 N–H and O–H groups in total. The van der Waals surface area contributed by atoms with Gasteiger partial charge in [-0.15, -0.1) is 0 Å². The third-order valence-electron chi connectivity index (χ3n) is 6.50. The zero-order valence-electron chi connectivity index (χ0n) is 13.5. The zero-order valence-corrected chi connectivity index (χ0v) is 13.5. The van der Waals surface area contributed by atoms with E-state index in [1.54, 1.807) is 21.0 Å². The van der Waals surface area contributed by atoms with Crippen LogP contribution in [0.1, 0.15) is 33.6 Å². The van der Waals surface area contributed by atoms with Gasteiger partial charge in [0.2, 0.25) is 0 Å². The Morgan fingerprint density at radius 2 is 1.95 bits per heavy atom. The van der Waals surface area contributed by atoms with Gasteiger partial charge in [0.15, 0.2) is 0 Å². The van der Waals surface area contributed by atoms with Crippen LogP contribution in [0, 0.1) is 23.7 Å². The quantitative estimate of drug-likeness (QED) is 0.593. The van der Waals surface area contributed by atoms with Crippen LogP contribution in [0.15, 0.2) is 0 Å². The Labute approximate surface area is 130 Å². The lowest BCUT2D eigenvalue weighted by molar-refractivity contribution is -0.157. The van der Waals surface area contributed by atoms with E-state index in [0.29, 0.717) is 12.8 Å². The molecule has 0 bridgehead atoms. The van der Waals surface area contributed by atoms with Crippen LogP contribution in [0.4, 0.5) is 0 Å². The zero-order chi connectivity index (χ0) is 16.4. The molecule has 0 aromatic heterocycles. The standard InChI is InChI=1S/C16H26O6/c1-7-11-9(17)6-15(2,21-4)8-5-10(18)16(3,20)12(8)13(11)22-14(7)19/h7-13,17-18,20H,5-6H2,1-4H3/t7-,8+,9-,10+,11+,12-,13-,15+,16+/m0/s1. The number of fused-ring (bicyclic) bond motifs is 3. The maximum Gasteiger partial charge on any atom is 0.309 e. The van der Waals surface area contributed by atoms with Crippen molar-refractivity contribution in [1.82, 2.24) is 0 Å². The second-order valence-corrected chi connectivity index (χ2v) is 7.67. The molecule has 126 valence electrons. The minimum Gasteiger partial charge on any atom is -0.461 e. The fourth-order valence-electron chi connectivity index (χ4n) is 5.01. The number of hydrogen-bond acceptors (Lipinski definition) is 6. The van der Waals surface area contributed by atoms with Crippen LogP contribution in [0.5, 0.6) is 0 Å². The summed E-state index contributed by atoms with van der Waals surface area (Å²) in [6.07, 6.45) is -1.51. The molecule has 1 saturated heterocycles. The van der Waals surface area contributed by atoms with E-state index in [9.17, 15) is 20.1 Å². The molecular weight excluding hydrogens is 288 g/mol. The van der Waals surface area contributed by atoms with Gasteiger partial charge >= 0.3 is 5.97 Å². The van der Waals surface area contributed by atoms with Crippen LogP contribution >= 0.6 is 0 Å². The molecule has 3 fully saturated rings. The Hall–Kier alpha value is -0.690. The maximum absolute atomic E-state index is 12.0. The van der Waals surface area contributed by atoms with E-state index in [1.165, 1.54) is 0 Å². The summed E-state index contributed by atoms with van der Waals surface area (Å²) in [4.78, 5) is 12.0. The average Bonchev–Trinajstić information content (AvgIpc) is 2.81. The van der Waals surface area contributed by atoms with Crippen molar-refractivity contribution >= 4 is 5.97 Å². The van der Waals surface area contributed by atoms with Gasteiger partial charge in [0.1, 0.15) is 6.10 Å². The lowest BCUT2D eigenvalue weighted by Crippen LogP contribution is -2.50. The highest BCUT2D eigenvalue weighted by atomic mass is 16.6. The number of rotatable bonds is 1. The molecular formula is C16H26O6. The first-order valence-electron chi connectivity index (χ1n) is 7.97. The van der Waals surface area contributed by atoms with Crippen molar-refractivity contribution in [3.63, 3.8) is 0 Å². The number of carbonyl (C=O) groups is 1. The van der Waals surface area contributed by atoms with Gasteiger partial charge in [-0.2, -0.15) is 0 Å². The van der Waals surface area contributed by atoms with Crippen LogP contribution in [0.25, 0.3) is 0 Å². The van der Waals surface area contributed by atoms with Gasteiger partial charge in [-0.05, 0) is 26.2 Å². The molecule has 0 spiro atoms. The largest absolute Gasteiger partial charge is 0.461 e. The highest BCUT2D eigenvalue weighted by Gasteiger charge is 2.66.